The van der Waals surface area contributed by atoms with E-state index in [1.165, 1.54) is 89.9 Å². The van der Waals surface area contributed by atoms with Crippen molar-refractivity contribution in [2.75, 3.05) is 26.2 Å². The van der Waals surface area contributed by atoms with E-state index in [1.54, 1.807) is 0 Å². The summed E-state index contributed by atoms with van der Waals surface area (Å²) in [5.74, 6) is 0.286. The molecule has 2 amide bonds. The molecule has 0 aromatic rings. The fraction of sp³-hybridized carbons (Fsp3) is 0.850. The highest BCUT2D eigenvalue weighted by Gasteiger charge is 2.37. The van der Waals surface area contributed by atoms with Crippen LogP contribution in [-0.4, -0.2) is 62.4 Å². The Balaban J connectivity index is 1.23. The molecule has 0 bridgehead atoms. The molecule has 0 aliphatic carbocycles. The van der Waals surface area contributed by atoms with E-state index in [-0.39, 0.29) is 11.8 Å². The van der Waals surface area contributed by atoms with Gasteiger partial charge >= 0.3 is 0 Å². The van der Waals surface area contributed by atoms with Crippen LogP contribution in [0.5, 0.6) is 0 Å². The van der Waals surface area contributed by atoms with Crippen molar-refractivity contribution in [1.82, 2.24) is 16.0 Å². The first-order valence-electron chi connectivity index (χ1n) is 20.0. The molecule has 2 heterocycles. The van der Waals surface area contributed by atoms with Gasteiger partial charge in [-0.1, -0.05) is 115 Å². The number of nitrogens with one attached hydrogen (secondary N) is 3. The summed E-state index contributed by atoms with van der Waals surface area (Å²) in [6.07, 6.45) is 38.8. The molecule has 2 rings (SSSR count). The van der Waals surface area contributed by atoms with Gasteiger partial charge in [-0.05, 0) is 64.2 Å². The van der Waals surface area contributed by atoms with Crippen molar-refractivity contribution in [1.29, 1.82) is 0 Å². The van der Waals surface area contributed by atoms with Gasteiger partial charge in [0.25, 0.3) is 0 Å². The summed E-state index contributed by atoms with van der Waals surface area (Å²) < 4.78 is 11.5. The number of hydrogen-bond donors (Lipinski definition) is 3. The third-order valence-electron chi connectivity index (χ3n) is 9.43. The van der Waals surface area contributed by atoms with Crippen molar-refractivity contribution in [2.45, 2.75) is 192 Å². The molecular weight excluding hydrogens is 586 g/mol. The van der Waals surface area contributed by atoms with E-state index in [1.807, 2.05) is 0 Å². The lowest BCUT2D eigenvalue weighted by atomic mass is 10.1. The summed E-state index contributed by atoms with van der Waals surface area (Å²) >= 11 is 0. The van der Waals surface area contributed by atoms with E-state index in [4.69, 9.17) is 9.47 Å². The molecule has 2 aliphatic rings. The predicted molar refractivity (Wildman–Crippen MR) is 197 cm³/mol. The fourth-order valence-electron chi connectivity index (χ4n) is 6.21. The number of allylic oxidation sites excluding steroid dienone is 2. The van der Waals surface area contributed by atoms with E-state index < -0.39 is 0 Å². The summed E-state index contributed by atoms with van der Waals surface area (Å²) in [4.78, 5) is 24.1. The van der Waals surface area contributed by atoms with Crippen molar-refractivity contribution < 1.29 is 19.1 Å². The van der Waals surface area contributed by atoms with Gasteiger partial charge in [0.15, 0.2) is 0 Å². The van der Waals surface area contributed by atoms with Gasteiger partial charge in [0.2, 0.25) is 11.8 Å². The average molecular weight is 660 g/mol. The van der Waals surface area contributed by atoms with Gasteiger partial charge in [-0.25, -0.2) is 0 Å². The highest BCUT2D eigenvalue weighted by Crippen LogP contribution is 2.31. The fourth-order valence-corrected chi connectivity index (χ4v) is 6.21. The Bertz CT molecular complexity index is 766. The molecule has 0 saturated carbocycles. The van der Waals surface area contributed by atoms with Crippen molar-refractivity contribution in [3.05, 3.63) is 24.3 Å². The standard InChI is InChI=1S/C40H73N3O4/c1-3-5-19-25-35-37(46-35)27-21-15-11-7-9-13-17-23-29-39(44)42-33-31-41-32-34-43-40(45)30-24-18-14-10-8-12-16-22-28-38-36(47-38)26-20-6-4-2/h15-16,21-22,35-38,41H,3-14,17-20,23-34H2,1-2H3,(H,42,44)(H,43,45)/b21-15+,22-16+. The second kappa shape index (κ2) is 29.2. The van der Waals surface area contributed by atoms with Crippen LogP contribution in [0.15, 0.2) is 24.3 Å². The zero-order valence-corrected chi connectivity index (χ0v) is 30.6. The lowest BCUT2D eigenvalue weighted by molar-refractivity contribution is -0.121. The molecule has 2 fully saturated rings. The first-order valence-corrected chi connectivity index (χ1v) is 20.0. The number of unbranched alkanes of at least 4 members (excludes halogenated alkanes) is 14. The number of epoxide rings is 2. The molecule has 0 aromatic carbocycles. The highest BCUT2D eigenvalue weighted by molar-refractivity contribution is 5.76. The van der Waals surface area contributed by atoms with Gasteiger partial charge in [-0.2, -0.15) is 0 Å². The molecule has 47 heavy (non-hydrogen) atoms. The largest absolute Gasteiger partial charge is 0.369 e. The molecule has 0 spiro atoms. The lowest BCUT2D eigenvalue weighted by Crippen LogP contribution is -2.36. The average Bonchev–Trinajstić information content (AvgIpc) is 4.00. The Morgan fingerprint density at radius 2 is 0.915 bits per heavy atom. The Kier molecular flexibility index (Phi) is 25.8. The second-order valence-corrected chi connectivity index (χ2v) is 13.9. The number of rotatable bonds is 34. The van der Waals surface area contributed by atoms with Crippen LogP contribution < -0.4 is 16.0 Å². The number of amides is 2. The Morgan fingerprint density at radius 3 is 1.36 bits per heavy atom. The molecule has 0 aromatic heterocycles. The van der Waals surface area contributed by atoms with Crippen molar-refractivity contribution in [2.24, 2.45) is 0 Å². The third kappa shape index (κ3) is 25.0. The zero-order valence-electron chi connectivity index (χ0n) is 30.6. The zero-order chi connectivity index (χ0) is 33.6. The van der Waals surface area contributed by atoms with Crippen molar-refractivity contribution in [3.8, 4) is 0 Å². The number of carbonyl (C=O) groups is 2. The number of hydrogen-bond acceptors (Lipinski definition) is 5. The molecule has 4 atom stereocenters. The molecule has 7 nitrogen and oxygen atoms in total. The Morgan fingerprint density at radius 1 is 0.489 bits per heavy atom. The molecule has 3 N–H and O–H groups in total. The molecule has 7 heteroatoms. The number of carbonyl (C=O) groups excluding carboxylic acids is 2. The van der Waals surface area contributed by atoms with Gasteiger partial charge in [0, 0.05) is 39.0 Å². The SMILES string of the molecule is CCCCCC1OC1C/C=C/CCCCCCCC(=O)NCCNCCNC(=O)CCCCCCC/C=C/CC1OC1CCCCC. The maximum Gasteiger partial charge on any atom is 0.220 e. The van der Waals surface area contributed by atoms with Crippen LogP contribution in [0, 0.1) is 0 Å². The quantitative estimate of drug-likeness (QED) is 0.0364. The maximum atomic E-state index is 12.1. The van der Waals surface area contributed by atoms with Gasteiger partial charge in [-0.15, -0.1) is 0 Å². The van der Waals surface area contributed by atoms with Gasteiger partial charge < -0.3 is 25.4 Å². The summed E-state index contributed by atoms with van der Waals surface area (Å²) in [6.45, 7) is 7.22. The molecule has 272 valence electrons. The minimum atomic E-state index is 0.143. The molecule has 2 aliphatic heterocycles. The molecule has 4 unspecified atom stereocenters. The highest BCUT2D eigenvalue weighted by atomic mass is 16.6. The Labute approximate surface area is 289 Å². The first kappa shape index (κ1) is 41.5. The smallest absolute Gasteiger partial charge is 0.220 e. The van der Waals surface area contributed by atoms with Gasteiger partial charge in [0.05, 0.1) is 24.4 Å². The van der Waals surface area contributed by atoms with Crippen LogP contribution in [0.1, 0.15) is 168 Å². The topological polar surface area (TPSA) is 95.3 Å². The van der Waals surface area contributed by atoms with Gasteiger partial charge in [0.1, 0.15) is 0 Å². The third-order valence-corrected chi connectivity index (χ3v) is 9.43. The minimum absolute atomic E-state index is 0.143. The van der Waals surface area contributed by atoms with E-state index in [2.05, 4.69) is 54.1 Å². The van der Waals surface area contributed by atoms with Crippen LogP contribution in [0.3, 0.4) is 0 Å². The van der Waals surface area contributed by atoms with E-state index >= 15 is 0 Å². The van der Waals surface area contributed by atoms with Crippen LogP contribution in [-0.2, 0) is 19.1 Å². The van der Waals surface area contributed by atoms with Crippen molar-refractivity contribution >= 4 is 11.8 Å². The summed E-state index contributed by atoms with van der Waals surface area (Å²) in [7, 11) is 0. The van der Waals surface area contributed by atoms with Crippen LogP contribution >= 0.6 is 0 Å². The van der Waals surface area contributed by atoms with Gasteiger partial charge in [-0.3, -0.25) is 9.59 Å². The maximum absolute atomic E-state index is 12.1. The molecule has 2 saturated heterocycles. The number of ether oxygens (including phenoxy) is 2. The van der Waals surface area contributed by atoms with E-state index in [0.717, 1.165) is 64.5 Å². The summed E-state index contributed by atoms with van der Waals surface area (Å²) in [5.41, 5.74) is 0. The molecular formula is C40H73N3O4. The summed E-state index contributed by atoms with van der Waals surface area (Å²) in [6, 6.07) is 0. The van der Waals surface area contributed by atoms with E-state index in [0.29, 0.717) is 50.3 Å². The molecule has 0 radical (unpaired) electrons. The lowest BCUT2D eigenvalue weighted by Gasteiger charge is -2.08. The second-order valence-electron chi connectivity index (χ2n) is 13.9. The van der Waals surface area contributed by atoms with Crippen molar-refractivity contribution in [3.63, 3.8) is 0 Å². The summed E-state index contributed by atoms with van der Waals surface area (Å²) in [5, 5.41) is 9.29. The first-order chi connectivity index (χ1) is 23.1. The Hall–Kier alpha value is -1.70. The van der Waals surface area contributed by atoms with Crippen LogP contribution in [0.2, 0.25) is 0 Å². The predicted octanol–water partition coefficient (Wildman–Crippen LogP) is 8.86. The minimum Gasteiger partial charge on any atom is -0.369 e. The van der Waals surface area contributed by atoms with Crippen LogP contribution in [0.4, 0.5) is 0 Å². The van der Waals surface area contributed by atoms with E-state index in [9.17, 15) is 9.59 Å². The van der Waals surface area contributed by atoms with Crippen LogP contribution in [0.25, 0.3) is 0 Å². The normalized spacial score (nSPS) is 20.3. The monoisotopic (exact) mass is 660 g/mol.